The van der Waals surface area contributed by atoms with Crippen LogP contribution < -0.4 is 5.32 Å². The van der Waals surface area contributed by atoms with Gasteiger partial charge in [0.2, 0.25) is 0 Å². The molecule has 2 heteroatoms. The van der Waals surface area contributed by atoms with E-state index in [0.29, 0.717) is 0 Å². The molecular weight excluding hydrogens is 109 g/mol. The summed E-state index contributed by atoms with van der Waals surface area (Å²) in [7, 11) is 4.42. The van der Waals surface area contributed by atoms with Crippen molar-refractivity contribution in [2.24, 2.45) is 0 Å². The molecule has 0 aromatic rings. The van der Waals surface area contributed by atoms with Crippen molar-refractivity contribution in [2.45, 2.75) is 37.5 Å². The number of hydrogen-bond acceptors (Lipinski definition) is 1. The highest BCUT2D eigenvalue weighted by Gasteiger charge is 2.16. The van der Waals surface area contributed by atoms with Gasteiger partial charge in [0.25, 0.3) is 0 Å². The van der Waals surface area contributed by atoms with Crippen molar-refractivity contribution in [2.75, 3.05) is 7.05 Å². The minimum absolute atomic E-state index is 0.814. The summed E-state index contributed by atoms with van der Waals surface area (Å²) in [5.41, 5.74) is 0. The Hall–Kier alpha value is 0.0249. The molecule has 0 bridgehead atoms. The third-order valence-electron chi connectivity index (χ3n) is 2.34. The van der Waals surface area contributed by atoms with Gasteiger partial charge in [-0.25, -0.2) is 0 Å². The topological polar surface area (TPSA) is 12.0 Å². The van der Waals surface area contributed by atoms with E-state index in [1.807, 2.05) is 0 Å². The van der Waals surface area contributed by atoms with Gasteiger partial charge in [-0.3, -0.25) is 0 Å². The molecule has 1 N–H and O–H groups in total. The lowest BCUT2D eigenvalue weighted by Crippen LogP contribution is -2.29. The van der Waals surface area contributed by atoms with Crippen molar-refractivity contribution in [1.82, 2.24) is 5.32 Å². The molecule has 52 valence electrons. The maximum Gasteiger partial charge on any atom is 0.105 e. The molecule has 0 aromatic heterocycles. The van der Waals surface area contributed by atoms with E-state index in [-0.39, 0.29) is 0 Å². The van der Waals surface area contributed by atoms with Gasteiger partial charge in [-0.05, 0) is 19.9 Å². The highest BCUT2D eigenvalue weighted by atomic mass is 14.9. The Morgan fingerprint density at radius 1 is 1.44 bits per heavy atom. The van der Waals surface area contributed by atoms with Gasteiger partial charge in [-0.1, -0.05) is 18.7 Å². The summed E-state index contributed by atoms with van der Waals surface area (Å²) in [6.45, 7) is 0. The van der Waals surface area contributed by atoms with Crippen molar-refractivity contribution in [3.63, 3.8) is 0 Å². The third-order valence-corrected chi connectivity index (χ3v) is 2.34. The summed E-state index contributed by atoms with van der Waals surface area (Å²) in [6, 6.07) is 0.814. The molecule has 1 saturated carbocycles. The van der Waals surface area contributed by atoms with Gasteiger partial charge in [0.15, 0.2) is 0 Å². The van der Waals surface area contributed by atoms with Crippen LogP contribution in [-0.2, 0) is 0 Å². The summed E-state index contributed by atoms with van der Waals surface area (Å²) < 4.78 is 0. The molecule has 0 aliphatic heterocycles. The van der Waals surface area contributed by atoms with Crippen molar-refractivity contribution in [3.05, 3.63) is 0 Å². The van der Waals surface area contributed by atoms with Crippen molar-refractivity contribution in [3.8, 4) is 0 Å². The predicted molar refractivity (Wildman–Crippen MR) is 43.6 cm³/mol. The van der Waals surface area contributed by atoms with E-state index in [9.17, 15) is 0 Å². The summed E-state index contributed by atoms with van der Waals surface area (Å²) in [6.07, 6.45) is 5.64. The van der Waals surface area contributed by atoms with Crippen LogP contribution in [0, 0.1) is 0 Å². The van der Waals surface area contributed by atoms with Crippen LogP contribution in [0.4, 0.5) is 0 Å². The summed E-state index contributed by atoms with van der Waals surface area (Å²) in [4.78, 5) is 0. The van der Waals surface area contributed by atoms with Crippen LogP contribution in [0.25, 0.3) is 0 Å². The Morgan fingerprint density at radius 2 is 2.22 bits per heavy atom. The largest absolute Gasteiger partial charge is 0.317 e. The summed E-state index contributed by atoms with van der Waals surface area (Å²) in [5.74, 6) is 0.955. The Balaban J connectivity index is 2.23. The Bertz CT molecular complexity index is 85.0. The highest BCUT2D eigenvalue weighted by Crippen LogP contribution is 2.25. The monoisotopic (exact) mass is 125 g/mol. The lowest BCUT2D eigenvalue weighted by molar-refractivity contribution is 0.395. The van der Waals surface area contributed by atoms with Gasteiger partial charge in [0.05, 0.1) is 0 Å². The molecule has 0 aromatic carbocycles. The fraction of sp³-hybridized carbons (Fsp3) is 1.00. The van der Waals surface area contributed by atoms with E-state index >= 15 is 0 Å². The summed E-state index contributed by atoms with van der Waals surface area (Å²) >= 11 is 0. The predicted octanol–water partition coefficient (Wildman–Crippen LogP) is 0.570. The van der Waals surface area contributed by atoms with Crippen molar-refractivity contribution >= 4 is 7.85 Å². The van der Waals surface area contributed by atoms with Gasteiger partial charge in [0.1, 0.15) is 7.85 Å². The van der Waals surface area contributed by atoms with Crippen LogP contribution in [0.1, 0.15) is 25.7 Å². The van der Waals surface area contributed by atoms with E-state index in [2.05, 4.69) is 20.2 Å². The first-order chi connectivity index (χ1) is 4.33. The van der Waals surface area contributed by atoms with Crippen molar-refractivity contribution in [1.29, 1.82) is 0 Å². The molecular formula is C7H16BN. The third kappa shape index (κ3) is 2.01. The molecule has 1 rings (SSSR count). The minimum atomic E-state index is 0.814. The van der Waals surface area contributed by atoms with Crippen molar-refractivity contribution < 1.29 is 0 Å². The first-order valence-electron chi connectivity index (χ1n) is 4.00. The zero-order valence-electron chi connectivity index (χ0n) is 6.48. The zero-order chi connectivity index (χ0) is 6.69. The van der Waals surface area contributed by atoms with E-state index in [0.717, 1.165) is 11.9 Å². The fourth-order valence-electron chi connectivity index (χ4n) is 1.70. The Kier molecular flexibility index (Phi) is 2.58. The average Bonchev–Trinajstić information content (AvgIpc) is 1.88. The maximum absolute atomic E-state index is 3.33. The molecule has 0 unspecified atom stereocenters. The number of nitrogens with one attached hydrogen (secondary N) is 1. The average molecular weight is 125 g/mol. The Labute approximate surface area is 58.6 Å². The molecule has 0 spiro atoms. The molecule has 0 radical (unpaired) electrons. The molecule has 1 aliphatic carbocycles. The van der Waals surface area contributed by atoms with Crippen LogP contribution in [-0.4, -0.2) is 20.9 Å². The molecule has 1 aliphatic rings. The van der Waals surface area contributed by atoms with E-state index in [4.69, 9.17) is 0 Å². The lowest BCUT2D eigenvalue weighted by atomic mass is 9.74. The normalized spacial score (nSPS) is 36.6. The maximum atomic E-state index is 3.33. The highest BCUT2D eigenvalue weighted by molar-refractivity contribution is 6.11. The lowest BCUT2D eigenvalue weighted by Gasteiger charge is -2.25. The zero-order valence-corrected chi connectivity index (χ0v) is 6.48. The van der Waals surface area contributed by atoms with Crippen LogP contribution in [0.5, 0.6) is 0 Å². The van der Waals surface area contributed by atoms with Gasteiger partial charge in [0, 0.05) is 6.04 Å². The molecule has 1 nitrogen and oxygen atoms in total. The number of rotatable bonds is 1. The van der Waals surface area contributed by atoms with Gasteiger partial charge in [-0.2, -0.15) is 0 Å². The van der Waals surface area contributed by atoms with Gasteiger partial charge in [-0.15, -0.1) is 0 Å². The minimum Gasteiger partial charge on any atom is -0.317 e. The smallest absolute Gasteiger partial charge is 0.105 e. The van der Waals surface area contributed by atoms with E-state index in [1.54, 1.807) is 0 Å². The van der Waals surface area contributed by atoms with Crippen LogP contribution in [0.15, 0.2) is 0 Å². The Morgan fingerprint density at radius 3 is 2.67 bits per heavy atom. The fourth-order valence-corrected chi connectivity index (χ4v) is 1.70. The second kappa shape index (κ2) is 3.26. The van der Waals surface area contributed by atoms with E-state index in [1.165, 1.54) is 25.7 Å². The first kappa shape index (κ1) is 7.14. The second-order valence-corrected chi connectivity index (χ2v) is 3.26. The van der Waals surface area contributed by atoms with Gasteiger partial charge >= 0.3 is 0 Å². The molecule has 0 heterocycles. The quantitative estimate of drug-likeness (QED) is 0.505. The van der Waals surface area contributed by atoms with Crippen LogP contribution >= 0.6 is 0 Å². The van der Waals surface area contributed by atoms with E-state index < -0.39 is 0 Å². The second-order valence-electron chi connectivity index (χ2n) is 3.26. The standard InChI is InChI=1S/C7H16BN/c1-9-7-4-2-3-6(8)5-7/h6-7,9H,2-5,8H2,1H3/t6-,7+/m1/s1. The molecule has 2 atom stereocenters. The number of hydrogen-bond donors (Lipinski definition) is 1. The van der Waals surface area contributed by atoms with Crippen LogP contribution in [0.2, 0.25) is 5.82 Å². The molecule has 1 fully saturated rings. The molecule has 9 heavy (non-hydrogen) atoms. The van der Waals surface area contributed by atoms with Crippen LogP contribution in [0.3, 0.4) is 0 Å². The van der Waals surface area contributed by atoms with Gasteiger partial charge < -0.3 is 5.32 Å². The summed E-state index contributed by atoms with van der Waals surface area (Å²) in [5, 5.41) is 3.33. The molecule has 0 saturated heterocycles. The first-order valence-corrected chi connectivity index (χ1v) is 4.00. The SMILES string of the molecule is B[C@@H]1CCC[C@H](NC)C1. The molecule has 0 amide bonds.